The van der Waals surface area contributed by atoms with E-state index in [-0.39, 0.29) is 51.2 Å². The Balaban J connectivity index is 0.000000137. The van der Waals surface area contributed by atoms with E-state index in [1.807, 2.05) is 18.2 Å². The zero-order valence-corrected chi connectivity index (χ0v) is 84.6. The van der Waals surface area contributed by atoms with Crippen LogP contribution in [-0.4, -0.2) is 54.3 Å². The second kappa shape index (κ2) is 53.4. The molecule has 13 N–H and O–H groups in total. The molecule has 4 amide bonds. The summed E-state index contributed by atoms with van der Waals surface area (Å²) >= 11 is 0. The molecule has 0 unspecified atom stereocenters. The largest absolute Gasteiger partial charge is 0.508 e. The maximum atomic E-state index is 11.8. The highest BCUT2D eigenvalue weighted by Crippen LogP contribution is 2.58. The predicted octanol–water partition coefficient (Wildman–Crippen LogP) is 20.8. The molecule has 0 atom stereocenters. The van der Waals surface area contributed by atoms with E-state index in [2.05, 4.69) is 454 Å². The maximum Gasteiger partial charge on any atom is 0.259 e. The van der Waals surface area contributed by atoms with Gasteiger partial charge >= 0.3 is 0 Å². The average molecular weight is 2010 g/mol. The maximum absolute atomic E-state index is 11.8. The number of anilines is 1. The van der Waals surface area contributed by atoms with E-state index >= 15 is 0 Å². The molecular weight excluding hydrogens is 1900 g/mol. The summed E-state index contributed by atoms with van der Waals surface area (Å²) in [7, 11) is -7.88. The lowest BCUT2D eigenvalue weighted by molar-refractivity contribution is 0.0989. The van der Waals surface area contributed by atoms with Crippen LogP contribution in [0, 0.1) is 0 Å². The number of rotatable bonds is 21. The zero-order valence-electron chi connectivity index (χ0n) is 81.0. The molecule has 0 saturated heterocycles. The number of primary amides is 3. The Morgan fingerprint density at radius 2 is 0.270 bits per heavy atom. The quantitative estimate of drug-likeness (QED) is 0.0304. The van der Waals surface area contributed by atoms with E-state index < -0.39 is 46.8 Å². The molecule has 0 aliphatic heterocycles. The Labute approximate surface area is 866 Å². The number of para-hydroxylation sites is 5. The topological polar surface area (TPSA) is 280 Å². The lowest BCUT2D eigenvalue weighted by Crippen LogP contribution is -2.38. The van der Waals surface area contributed by atoms with Crippen molar-refractivity contribution in [2.75, 3.05) is 5.32 Å². The van der Waals surface area contributed by atoms with Crippen molar-refractivity contribution in [2.24, 2.45) is 17.2 Å². The second-order valence-electron chi connectivity index (χ2n) is 33.4. The monoisotopic (exact) mass is 2010 g/mol. The van der Waals surface area contributed by atoms with Crippen molar-refractivity contribution in [3.05, 3.63) is 623 Å². The Kier molecular flexibility index (Phi) is 38.2. The summed E-state index contributed by atoms with van der Waals surface area (Å²) in [6.07, 6.45) is 0. The normalized spacial score (nSPS) is 10.6. The number of phenols is 6. The van der Waals surface area contributed by atoms with E-state index in [0.29, 0.717) is 17.2 Å². The fourth-order valence-electron chi connectivity index (χ4n) is 17.5. The van der Waals surface area contributed by atoms with Crippen molar-refractivity contribution in [3.8, 4) is 34.5 Å². The minimum atomic E-state index is -2.04. The molecule has 0 heterocycles. The molecule has 0 aliphatic carbocycles. The van der Waals surface area contributed by atoms with Crippen molar-refractivity contribution in [2.45, 2.75) is 0 Å². The van der Waals surface area contributed by atoms with Gasteiger partial charge < -0.3 is 53.2 Å². The summed E-state index contributed by atoms with van der Waals surface area (Å²) in [6, 6.07) is 201. The van der Waals surface area contributed by atoms with Gasteiger partial charge in [-0.3, -0.25) is 19.2 Å². The van der Waals surface area contributed by atoms with E-state index in [4.69, 9.17) is 32.5 Å². The van der Waals surface area contributed by atoms with Gasteiger partial charge in [0.25, 0.3) is 23.6 Å². The lowest BCUT2D eigenvalue weighted by atomic mass is 10.2. The van der Waals surface area contributed by atoms with Crippen LogP contribution in [0.3, 0.4) is 0 Å². The summed E-state index contributed by atoms with van der Waals surface area (Å²) < 4.78 is 0. The number of hydrogen-bond donors (Lipinski definition) is 10. The molecule has 21 rings (SSSR count). The third-order valence-electron chi connectivity index (χ3n) is 24.2. The van der Waals surface area contributed by atoms with Gasteiger partial charge in [-0.05, 0) is 279 Å². The molecule has 0 aliphatic rings. The molecule has 0 saturated carbocycles. The number of nitrogens with one attached hydrogen (secondary N) is 1. The van der Waals surface area contributed by atoms with Crippen LogP contribution >= 0.6 is 29.0 Å². The Morgan fingerprint density at radius 3 is 0.405 bits per heavy atom. The second-order valence-corrected chi connectivity index (χ2v) is 47.0. The molecule has 0 spiro atoms. The number of carbonyl (C=O) groups is 4. The molecule has 21 aromatic rings. The molecule has 0 aromatic heterocycles. The van der Waals surface area contributed by atoms with Gasteiger partial charge in [0.1, 0.15) is 148 Å². The minimum absolute atomic E-state index is 0.0177. The first-order chi connectivity index (χ1) is 72.4. The van der Waals surface area contributed by atoms with E-state index in [1.54, 1.807) is 91.0 Å². The van der Waals surface area contributed by atoms with Crippen LogP contribution in [0.1, 0.15) is 41.4 Å². The first-order valence-electron chi connectivity index (χ1n) is 47.7. The minimum Gasteiger partial charge on any atom is -0.508 e. The van der Waals surface area contributed by atoms with Crippen LogP contribution < -0.4 is 107 Å². The average Bonchev–Trinajstić information content (AvgIpc) is 0.748. The van der Waals surface area contributed by atoms with Gasteiger partial charge in [0.2, 0.25) is 0 Å². The molecule has 14 nitrogen and oxygen atoms in total. The SMILES string of the molecule is NC(=O)c1ccccc1O.NC(=O)c1ccccc1O.NC(=O)c1ccccc1O.O=C(Nc1ccccc1)c1ccccc1O.Oc1ccc([P+](c2ccccc2)(c2ccccc2)c2ccccc2)cc1.Oc1ccc([P+](c2ccccc2)(c2ccccc2)c2ccccc2)cc1.c1ccc([P+](c2ccccc2)(c2ccccc2)c2ccccc2)cc1.c1ccc([P+](c2ccccc2)(c2ccccc2)c2ccccc2)cc1. The highest BCUT2D eigenvalue weighted by atomic mass is 31.2. The summed E-state index contributed by atoms with van der Waals surface area (Å²) in [5.41, 5.74) is 16.2. The number of benzene rings is 21. The Hall–Kier alpha value is -18.0. The summed E-state index contributed by atoms with van der Waals surface area (Å²) in [6.45, 7) is 0. The molecular formula is C130H112N4O10P4+4. The van der Waals surface area contributed by atoms with Crippen molar-refractivity contribution >= 4 is 143 Å². The number of carbonyl (C=O) groups excluding carboxylic acids is 4. The van der Waals surface area contributed by atoms with Crippen LogP contribution in [0.5, 0.6) is 34.5 Å². The number of hydrogen-bond acceptors (Lipinski definition) is 10. The van der Waals surface area contributed by atoms with Gasteiger partial charge in [0.05, 0.1) is 22.3 Å². The first kappa shape index (κ1) is 106. The van der Waals surface area contributed by atoms with Gasteiger partial charge in [-0.2, -0.15) is 0 Å². The molecule has 0 radical (unpaired) electrons. The van der Waals surface area contributed by atoms with Gasteiger partial charge in [-0.25, -0.2) is 0 Å². The van der Waals surface area contributed by atoms with Gasteiger partial charge in [0, 0.05) is 5.69 Å². The summed E-state index contributed by atoms with van der Waals surface area (Å²) in [5.74, 6) is -1.81. The van der Waals surface area contributed by atoms with Crippen LogP contribution in [0.4, 0.5) is 5.69 Å². The summed E-state index contributed by atoms with van der Waals surface area (Å²) in [4.78, 5) is 43.2. The van der Waals surface area contributed by atoms with Crippen LogP contribution in [0.2, 0.25) is 0 Å². The highest BCUT2D eigenvalue weighted by Gasteiger charge is 2.52. The van der Waals surface area contributed by atoms with E-state index in [0.717, 1.165) is 0 Å². The number of phenolic OH excluding ortho intramolecular Hbond substituents is 3. The van der Waals surface area contributed by atoms with Gasteiger partial charge in [-0.1, -0.05) is 322 Å². The molecule has 728 valence electrons. The zero-order chi connectivity index (χ0) is 104. The Morgan fingerprint density at radius 1 is 0.149 bits per heavy atom. The number of amides is 4. The number of aromatic hydroxyl groups is 6. The van der Waals surface area contributed by atoms with Crippen LogP contribution in [0.25, 0.3) is 0 Å². The molecule has 148 heavy (non-hydrogen) atoms. The standard InChI is InChI=1S/2C24H19OP.2C24H20P.C13H11NO2.3C7H7NO2/c2*25-20-16-18-24(19-17-20)26(21-10-4-1-5-11-21,22-12-6-2-7-13-22)23-14-8-3-9-15-23;2*1-5-13-21(14-6-1)25(22-15-7-2-8-16-22,23-17-9-3-10-18-23)24-19-11-4-12-20-24;15-12-9-5-4-8-11(12)13(16)14-10-6-2-1-3-7-10;3*8-7(10)5-3-1-2-4-6(5)9/h2*1-19H;2*1-20H;1-9,15H,(H,14,16);3*1-4,9H,(H2,8,10)/q;;2*+1;;;;/p+2. The van der Waals surface area contributed by atoms with Crippen LogP contribution in [-0.2, 0) is 0 Å². The third-order valence-corrected chi connectivity index (χ3v) is 41.3. The molecule has 21 aromatic carbocycles. The van der Waals surface area contributed by atoms with E-state index in [1.165, 1.54) is 127 Å². The fraction of sp³-hybridized carbons (Fsp3) is 0. The summed E-state index contributed by atoms with van der Waals surface area (Å²) in [5, 5.41) is 80.3. The molecule has 18 heteroatoms. The fourth-order valence-corrected chi connectivity index (χ4v) is 34.5. The third kappa shape index (κ3) is 26.0. The number of nitrogens with two attached hydrogens (primary N) is 3. The Bertz CT molecular complexity index is 6690. The predicted molar refractivity (Wildman–Crippen MR) is 621 cm³/mol. The molecule has 0 fully saturated rings. The van der Waals surface area contributed by atoms with Crippen molar-refractivity contribution in [1.82, 2.24) is 0 Å². The smallest absolute Gasteiger partial charge is 0.259 e. The van der Waals surface area contributed by atoms with Crippen LogP contribution in [0.15, 0.2) is 601 Å². The van der Waals surface area contributed by atoms with Gasteiger partial charge in [-0.15, -0.1) is 0 Å². The van der Waals surface area contributed by atoms with Crippen molar-refractivity contribution < 1.29 is 49.8 Å². The molecule has 0 bridgehead atoms. The first-order valence-corrected chi connectivity index (χ1v) is 54.9. The van der Waals surface area contributed by atoms with Crippen molar-refractivity contribution in [1.29, 1.82) is 0 Å². The highest BCUT2D eigenvalue weighted by molar-refractivity contribution is 8.03. The van der Waals surface area contributed by atoms with Crippen molar-refractivity contribution in [3.63, 3.8) is 0 Å². The lowest BCUT2D eigenvalue weighted by Gasteiger charge is -2.27. The van der Waals surface area contributed by atoms with Gasteiger partial charge in [0.15, 0.2) is 0 Å². The van der Waals surface area contributed by atoms with E-state index in [9.17, 15) is 34.5 Å².